The third-order valence-electron chi connectivity index (χ3n) is 1.30. The summed E-state index contributed by atoms with van der Waals surface area (Å²) in [6.45, 7) is 3.56. The average Bonchev–Trinajstić information content (AvgIpc) is 1.99. The van der Waals surface area contributed by atoms with Crippen LogP contribution in [-0.2, 0) is 9.59 Å². The predicted molar refractivity (Wildman–Crippen MR) is 41.5 cm³/mol. The Kier molecular flexibility index (Phi) is 4.45. The van der Waals surface area contributed by atoms with Gasteiger partial charge in [0, 0.05) is 0 Å². The highest BCUT2D eigenvalue weighted by atomic mass is 16.2. The molecule has 3 N–H and O–H groups in total. The maximum atomic E-state index is 10.7. The van der Waals surface area contributed by atoms with Crippen LogP contribution in [0.3, 0.4) is 0 Å². The maximum absolute atomic E-state index is 10.7. The summed E-state index contributed by atoms with van der Waals surface area (Å²) in [5, 5.41) is 2.43. The van der Waals surface area contributed by atoms with Crippen molar-refractivity contribution in [3.63, 3.8) is 0 Å². The van der Waals surface area contributed by atoms with E-state index in [2.05, 4.69) is 5.32 Å². The number of hydrogen-bond donors (Lipinski definition) is 2. The van der Waals surface area contributed by atoms with E-state index >= 15 is 0 Å². The van der Waals surface area contributed by atoms with E-state index in [-0.39, 0.29) is 18.4 Å². The summed E-state index contributed by atoms with van der Waals surface area (Å²) in [6.07, 6.45) is 1.73. The molecule has 0 aliphatic carbocycles. The van der Waals surface area contributed by atoms with Crippen molar-refractivity contribution < 1.29 is 9.59 Å². The summed E-state index contributed by atoms with van der Waals surface area (Å²) in [6, 6.07) is -0.536. The van der Waals surface area contributed by atoms with Crippen molar-refractivity contribution in [1.82, 2.24) is 5.32 Å². The van der Waals surface area contributed by atoms with Crippen LogP contribution >= 0.6 is 0 Å². The molecule has 1 unspecified atom stereocenters. The summed E-state index contributed by atoms with van der Waals surface area (Å²) in [5.41, 5.74) is 5.03. The lowest BCUT2D eigenvalue weighted by atomic mass is 10.1. The predicted octanol–water partition coefficient (Wildman–Crippen LogP) is -0.804. The van der Waals surface area contributed by atoms with Crippen LogP contribution < -0.4 is 11.1 Å². The first-order chi connectivity index (χ1) is 5.11. The molecule has 0 bridgehead atoms. The molecule has 0 spiro atoms. The lowest BCUT2D eigenvalue weighted by Crippen LogP contribution is -2.42. The molecule has 11 heavy (non-hydrogen) atoms. The molecule has 0 rings (SSSR count). The van der Waals surface area contributed by atoms with Crippen LogP contribution in [-0.4, -0.2) is 24.8 Å². The number of amides is 1. The summed E-state index contributed by atoms with van der Waals surface area (Å²) in [4.78, 5) is 20.9. The van der Waals surface area contributed by atoms with Gasteiger partial charge in [-0.15, -0.1) is 0 Å². The first kappa shape index (κ1) is 10.1. The molecule has 1 radical (unpaired) electrons. The van der Waals surface area contributed by atoms with Gasteiger partial charge in [0.25, 0.3) is 0 Å². The Morgan fingerprint density at radius 1 is 1.64 bits per heavy atom. The Morgan fingerprint density at radius 3 is 2.45 bits per heavy atom. The SMILES string of the molecule is CC(C)C([C]=O)NC(=O)CN. The number of carbonyl (C=O) groups excluding carboxylic acids is 2. The van der Waals surface area contributed by atoms with Crippen molar-refractivity contribution in [3.8, 4) is 0 Å². The van der Waals surface area contributed by atoms with Crippen molar-refractivity contribution in [2.75, 3.05) is 6.54 Å². The second-order valence-electron chi connectivity index (χ2n) is 2.61. The van der Waals surface area contributed by atoms with Gasteiger partial charge >= 0.3 is 0 Å². The van der Waals surface area contributed by atoms with Crippen molar-refractivity contribution in [2.45, 2.75) is 19.9 Å². The van der Waals surface area contributed by atoms with Crippen LogP contribution in [0.2, 0.25) is 0 Å². The maximum Gasteiger partial charge on any atom is 0.234 e. The van der Waals surface area contributed by atoms with Crippen molar-refractivity contribution >= 4 is 12.2 Å². The van der Waals surface area contributed by atoms with Crippen LogP contribution in [0.4, 0.5) is 0 Å². The quantitative estimate of drug-likeness (QED) is 0.561. The summed E-state index contributed by atoms with van der Waals surface area (Å²) >= 11 is 0. The highest BCUT2D eigenvalue weighted by Gasteiger charge is 2.14. The van der Waals surface area contributed by atoms with Gasteiger partial charge in [0.05, 0.1) is 12.6 Å². The fourth-order valence-electron chi connectivity index (χ4n) is 0.565. The van der Waals surface area contributed by atoms with E-state index < -0.39 is 6.04 Å². The molecule has 4 nitrogen and oxygen atoms in total. The van der Waals surface area contributed by atoms with Gasteiger partial charge in [-0.2, -0.15) is 0 Å². The molecule has 0 aromatic heterocycles. The first-order valence-electron chi connectivity index (χ1n) is 3.49. The molecule has 0 aliphatic rings. The fraction of sp³-hybridized carbons (Fsp3) is 0.714. The topological polar surface area (TPSA) is 72.2 Å². The Bertz CT molecular complexity index is 145. The molecule has 0 saturated heterocycles. The molecule has 0 aliphatic heterocycles. The third kappa shape index (κ3) is 3.72. The normalized spacial score (nSPS) is 12.7. The van der Waals surface area contributed by atoms with Crippen molar-refractivity contribution in [1.29, 1.82) is 0 Å². The molecule has 1 amide bonds. The molecule has 63 valence electrons. The zero-order chi connectivity index (χ0) is 8.85. The van der Waals surface area contributed by atoms with Gasteiger partial charge in [-0.05, 0) is 5.92 Å². The van der Waals surface area contributed by atoms with Gasteiger partial charge in [-0.1, -0.05) is 13.8 Å². The van der Waals surface area contributed by atoms with Crippen molar-refractivity contribution in [3.05, 3.63) is 0 Å². The lowest BCUT2D eigenvalue weighted by molar-refractivity contribution is -0.120. The summed E-state index contributed by atoms with van der Waals surface area (Å²) < 4.78 is 0. The van der Waals surface area contributed by atoms with E-state index in [9.17, 15) is 9.59 Å². The van der Waals surface area contributed by atoms with E-state index in [0.717, 1.165) is 0 Å². The average molecular weight is 157 g/mol. The van der Waals surface area contributed by atoms with Crippen LogP contribution in [0.5, 0.6) is 0 Å². The third-order valence-corrected chi connectivity index (χ3v) is 1.30. The molecule has 0 saturated carbocycles. The molecule has 0 aromatic rings. The van der Waals surface area contributed by atoms with Crippen LogP contribution in [0, 0.1) is 5.92 Å². The minimum Gasteiger partial charge on any atom is -0.344 e. The standard InChI is InChI=1S/C7H13N2O2/c1-5(2)6(4-10)9-7(11)3-8/h5-6H,3,8H2,1-2H3,(H,9,11). The molecule has 0 fully saturated rings. The summed E-state index contributed by atoms with van der Waals surface area (Å²) in [7, 11) is 0. The number of rotatable bonds is 4. The molecule has 1 atom stereocenters. The Morgan fingerprint density at radius 2 is 2.18 bits per heavy atom. The zero-order valence-corrected chi connectivity index (χ0v) is 6.76. The van der Waals surface area contributed by atoms with Crippen LogP contribution in [0.1, 0.15) is 13.8 Å². The number of nitrogens with two attached hydrogens (primary N) is 1. The summed E-state index contributed by atoms with van der Waals surface area (Å²) in [5.74, 6) is -0.268. The molecular formula is C7H13N2O2. The van der Waals surface area contributed by atoms with Gasteiger partial charge in [0.15, 0.2) is 0 Å². The van der Waals surface area contributed by atoms with E-state index in [0.29, 0.717) is 0 Å². The van der Waals surface area contributed by atoms with Gasteiger partial charge in [0.1, 0.15) is 0 Å². The second-order valence-corrected chi connectivity index (χ2v) is 2.61. The van der Waals surface area contributed by atoms with E-state index in [4.69, 9.17) is 5.73 Å². The second kappa shape index (κ2) is 4.85. The minimum atomic E-state index is -0.536. The van der Waals surface area contributed by atoms with Crippen molar-refractivity contribution in [2.24, 2.45) is 11.7 Å². The van der Waals surface area contributed by atoms with E-state index in [1.54, 1.807) is 6.29 Å². The van der Waals surface area contributed by atoms with E-state index in [1.165, 1.54) is 0 Å². The first-order valence-corrected chi connectivity index (χ1v) is 3.49. The number of carbonyl (C=O) groups is 1. The van der Waals surface area contributed by atoms with Gasteiger partial charge in [-0.25, -0.2) is 0 Å². The van der Waals surface area contributed by atoms with Gasteiger partial charge in [0.2, 0.25) is 12.2 Å². The molecular weight excluding hydrogens is 144 g/mol. The van der Waals surface area contributed by atoms with Gasteiger partial charge in [-0.3, -0.25) is 9.59 Å². The van der Waals surface area contributed by atoms with E-state index in [1.807, 2.05) is 13.8 Å². The Hall–Kier alpha value is -0.900. The minimum absolute atomic E-state index is 0.0583. The molecule has 0 aromatic carbocycles. The highest BCUT2D eigenvalue weighted by molar-refractivity contribution is 5.81. The monoisotopic (exact) mass is 157 g/mol. The molecule has 0 heterocycles. The van der Waals surface area contributed by atoms with Gasteiger partial charge < -0.3 is 11.1 Å². The Labute approximate surface area is 66.1 Å². The van der Waals surface area contributed by atoms with Crippen LogP contribution in [0.15, 0.2) is 0 Å². The highest BCUT2D eigenvalue weighted by Crippen LogP contribution is 1.97. The number of hydrogen-bond acceptors (Lipinski definition) is 3. The fourth-order valence-corrected chi connectivity index (χ4v) is 0.565. The largest absolute Gasteiger partial charge is 0.344 e. The molecule has 4 heteroatoms. The van der Waals surface area contributed by atoms with Crippen LogP contribution in [0.25, 0.3) is 0 Å². The Balaban J connectivity index is 3.87. The number of nitrogens with one attached hydrogen (secondary N) is 1. The smallest absolute Gasteiger partial charge is 0.234 e. The lowest BCUT2D eigenvalue weighted by Gasteiger charge is -2.14. The zero-order valence-electron chi connectivity index (χ0n) is 6.76.